The lowest BCUT2D eigenvalue weighted by atomic mass is 9.94. The van der Waals surface area contributed by atoms with Crippen molar-refractivity contribution in [2.45, 2.75) is 37.8 Å². The molecule has 1 aliphatic carbocycles. The first kappa shape index (κ1) is 14.0. The molecule has 0 heterocycles. The lowest BCUT2D eigenvalue weighted by molar-refractivity contribution is 0.0229. The van der Waals surface area contributed by atoms with E-state index >= 15 is 0 Å². The Bertz CT molecular complexity index is 94.7. The summed E-state index contributed by atoms with van der Waals surface area (Å²) in [6.45, 7) is 0. The van der Waals surface area contributed by atoms with Crippen LogP contribution in [-0.2, 0) is 4.84 Å². The highest BCUT2D eigenvalue weighted by Crippen LogP contribution is 2.17. The van der Waals surface area contributed by atoms with Crippen LogP contribution in [0.3, 0.4) is 0 Å². The van der Waals surface area contributed by atoms with Crippen LogP contribution in [-0.4, -0.2) is 12.1 Å². The van der Waals surface area contributed by atoms with Crippen molar-refractivity contribution in [3.63, 3.8) is 0 Å². The molecule has 0 unspecified atom stereocenters. The van der Waals surface area contributed by atoms with Gasteiger partial charge in [0.25, 0.3) is 0 Å². The van der Waals surface area contributed by atoms with Crippen molar-refractivity contribution in [3.8, 4) is 0 Å². The van der Waals surface area contributed by atoms with E-state index in [1.54, 1.807) is 0 Å². The molecule has 1 aliphatic rings. The summed E-state index contributed by atoms with van der Waals surface area (Å²) in [4.78, 5) is 4.68. The molecule has 0 aromatic heterocycles. The second kappa shape index (κ2) is 7.13. The van der Waals surface area contributed by atoms with Crippen molar-refractivity contribution >= 4 is 24.8 Å². The smallest absolute Gasteiger partial charge is 0.0802 e. The van der Waals surface area contributed by atoms with Gasteiger partial charge in [-0.15, -0.1) is 24.8 Å². The molecule has 2 atom stereocenters. The quantitative estimate of drug-likeness (QED) is 0.624. The van der Waals surface area contributed by atoms with Gasteiger partial charge in [-0.3, -0.25) is 0 Å². The minimum atomic E-state index is 0. The highest BCUT2D eigenvalue weighted by Gasteiger charge is 2.18. The van der Waals surface area contributed by atoms with Gasteiger partial charge in [-0.25, -0.2) is 5.90 Å². The summed E-state index contributed by atoms with van der Waals surface area (Å²) in [5.41, 5.74) is 5.67. The molecule has 1 fully saturated rings. The molecule has 0 spiro atoms. The van der Waals surface area contributed by atoms with E-state index in [0.717, 1.165) is 25.7 Å². The van der Waals surface area contributed by atoms with Crippen molar-refractivity contribution in [2.24, 2.45) is 11.6 Å². The molecular formula is C6H16Cl2N2O. The van der Waals surface area contributed by atoms with Gasteiger partial charge in [0.2, 0.25) is 0 Å². The lowest BCUT2D eigenvalue weighted by Crippen LogP contribution is -2.33. The molecular weight excluding hydrogens is 187 g/mol. The van der Waals surface area contributed by atoms with E-state index in [4.69, 9.17) is 11.6 Å². The zero-order valence-corrected chi connectivity index (χ0v) is 8.00. The molecule has 0 aliphatic heterocycles. The van der Waals surface area contributed by atoms with E-state index < -0.39 is 0 Å². The zero-order chi connectivity index (χ0) is 6.69. The largest absolute Gasteiger partial charge is 0.328 e. The summed E-state index contributed by atoms with van der Waals surface area (Å²) < 4.78 is 0. The SMILES string of the molecule is Cl.Cl.NO[C@@H]1CCC[C@H](N)C1. The van der Waals surface area contributed by atoms with Crippen LogP contribution in [0.5, 0.6) is 0 Å². The van der Waals surface area contributed by atoms with E-state index in [2.05, 4.69) is 4.84 Å². The maximum Gasteiger partial charge on any atom is 0.0802 e. The average Bonchev–Trinajstić information content (AvgIpc) is 1.88. The lowest BCUT2D eigenvalue weighted by Gasteiger charge is -2.24. The van der Waals surface area contributed by atoms with E-state index in [9.17, 15) is 0 Å². The summed E-state index contributed by atoms with van der Waals surface area (Å²) in [6.07, 6.45) is 4.50. The Balaban J connectivity index is 0. The zero-order valence-electron chi connectivity index (χ0n) is 6.36. The van der Waals surface area contributed by atoms with Crippen molar-refractivity contribution in [2.75, 3.05) is 0 Å². The Labute approximate surface area is 79.6 Å². The third kappa shape index (κ3) is 4.82. The second-order valence-corrected chi connectivity index (χ2v) is 2.68. The molecule has 0 aromatic carbocycles. The van der Waals surface area contributed by atoms with Gasteiger partial charge in [0.05, 0.1) is 6.10 Å². The third-order valence-electron chi connectivity index (χ3n) is 1.86. The summed E-state index contributed by atoms with van der Waals surface area (Å²) >= 11 is 0. The molecule has 4 N–H and O–H groups in total. The average molecular weight is 203 g/mol. The maximum absolute atomic E-state index is 5.67. The molecule has 5 heteroatoms. The van der Waals surface area contributed by atoms with Crippen LogP contribution < -0.4 is 11.6 Å². The molecule has 0 bridgehead atoms. The predicted molar refractivity (Wildman–Crippen MR) is 50.0 cm³/mol. The molecule has 11 heavy (non-hydrogen) atoms. The van der Waals surface area contributed by atoms with Gasteiger partial charge in [0, 0.05) is 6.04 Å². The van der Waals surface area contributed by atoms with Crippen molar-refractivity contribution < 1.29 is 4.84 Å². The standard InChI is InChI=1S/C6H14N2O.2ClH/c7-5-2-1-3-6(4-5)9-8;;/h5-6H,1-4,7-8H2;2*1H/t5-,6+;;/m0../s1. The summed E-state index contributed by atoms with van der Waals surface area (Å²) in [6, 6.07) is 0.312. The number of hydrogen-bond donors (Lipinski definition) is 2. The normalized spacial score (nSPS) is 30.0. The summed E-state index contributed by atoms with van der Waals surface area (Å²) in [5, 5.41) is 0. The van der Waals surface area contributed by atoms with E-state index in [1.165, 1.54) is 0 Å². The summed E-state index contributed by atoms with van der Waals surface area (Å²) in [5.74, 6) is 5.01. The first-order valence-corrected chi connectivity index (χ1v) is 3.44. The molecule has 1 saturated carbocycles. The van der Waals surface area contributed by atoms with Gasteiger partial charge in [-0.1, -0.05) is 0 Å². The van der Waals surface area contributed by atoms with Crippen LogP contribution in [0.4, 0.5) is 0 Å². The third-order valence-corrected chi connectivity index (χ3v) is 1.86. The van der Waals surface area contributed by atoms with Gasteiger partial charge < -0.3 is 10.6 Å². The van der Waals surface area contributed by atoms with Crippen LogP contribution in [0.15, 0.2) is 0 Å². The van der Waals surface area contributed by atoms with Crippen LogP contribution in [0.2, 0.25) is 0 Å². The topological polar surface area (TPSA) is 61.3 Å². The van der Waals surface area contributed by atoms with Gasteiger partial charge in [-0.2, -0.15) is 0 Å². The Kier molecular flexibility index (Phi) is 9.08. The monoisotopic (exact) mass is 202 g/mol. The first-order valence-electron chi connectivity index (χ1n) is 3.44. The highest BCUT2D eigenvalue weighted by atomic mass is 35.5. The molecule has 0 amide bonds. The fourth-order valence-electron chi connectivity index (χ4n) is 1.30. The van der Waals surface area contributed by atoms with E-state index in [-0.39, 0.29) is 30.9 Å². The fraction of sp³-hybridized carbons (Fsp3) is 1.00. The minimum Gasteiger partial charge on any atom is -0.328 e. The Hall–Kier alpha value is 0.460. The molecule has 0 radical (unpaired) electrons. The van der Waals surface area contributed by atoms with Crippen molar-refractivity contribution in [1.82, 2.24) is 0 Å². The van der Waals surface area contributed by atoms with Gasteiger partial charge in [0.1, 0.15) is 0 Å². The Morgan fingerprint density at radius 2 is 1.82 bits per heavy atom. The minimum absolute atomic E-state index is 0. The molecule has 0 aromatic rings. The first-order chi connectivity index (χ1) is 4.33. The Morgan fingerprint density at radius 1 is 1.18 bits per heavy atom. The molecule has 1 rings (SSSR count). The van der Waals surface area contributed by atoms with Crippen molar-refractivity contribution in [3.05, 3.63) is 0 Å². The number of halogens is 2. The molecule has 0 saturated heterocycles. The molecule has 3 nitrogen and oxygen atoms in total. The van der Waals surface area contributed by atoms with Crippen molar-refractivity contribution in [1.29, 1.82) is 0 Å². The van der Waals surface area contributed by atoms with Gasteiger partial charge in [0.15, 0.2) is 0 Å². The van der Waals surface area contributed by atoms with Gasteiger partial charge >= 0.3 is 0 Å². The van der Waals surface area contributed by atoms with Gasteiger partial charge in [-0.05, 0) is 25.7 Å². The second-order valence-electron chi connectivity index (χ2n) is 2.68. The fourth-order valence-corrected chi connectivity index (χ4v) is 1.30. The number of rotatable bonds is 1. The van der Waals surface area contributed by atoms with Crippen LogP contribution in [0.25, 0.3) is 0 Å². The van der Waals surface area contributed by atoms with E-state index in [1.807, 2.05) is 0 Å². The number of hydrogen-bond acceptors (Lipinski definition) is 3. The molecule has 70 valence electrons. The highest BCUT2D eigenvalue weighted by molar-refractivity contribution is 5.85. The van der Waals surface area contributed by atoms with E-state index in [0.29, 0.717) is 6.04 Å². The Morgan fingerprint density at radius 3 is 2.18 bits per heavy atom. The van der Waals surface area contributed by atoms with Crippen LogP contribution >= 0.6 is 24.8 Å². The van der Waals surface area contributed by atoms with Crippen LogP contribution in [0, 0.1) is 0 Å². The van der Waals surface area contributed by atoms with Crippen LogP contribution in [0.1, 0.15) is 25.7 Å². The predicted octanol–water partition coefficient (Wildman–Crippen LogP) is 0.990. The number of nitrogens with two attached hydrogens (primary N) is 2. The summed E-state index contributed by atoms with van der Waals surface area (Å²) in [7, 11) is 0. The maximum atomic E-state index is 5.67.